The summed E-state index contributed by atoms with van der Waals surface area (Å²) < 4.78 is 26.7. The van der Waals surface area contributed by atoms with Gasteiger partial charge >= 0.3 is 0 Å². The lowest BCUT2D eigenvalue weighted by Crippen LogP contribution is -2.38. The van der Waals surface area contributed by atoms with Crippen LogP contribution >= 0.6 is 0 Å². The first-order valence-electron chi connectivity index (χ1n) is 7.16. The van der Waals surface area contributed by atoms with E-state index >= 15 is 0 Å². The molecule has 0 N–H and O–H groups in total. The summed E-state index contributed by atoms with van der Waals surface area (Å²) >= 11 is 0. The van der Waals surface area contributed by atoms with Gasteiger partial charge in [-0.2, -0.15) is 0 Å². The van der Waals surface area contributed by atoms with Crippen LogP contribution in [0.2, 0.25) is 0 Å². The van der Waals surface area contributed by atoms with Gasteiger partial charge in [0, 0.05) is 6.04 Å². The highest BCUT2D eigenvalue weighted by Crippen LogP contribution is 2.26. The summed E-state index contributed by atoms with van der Waals surface area (Å²) in [5, 5.41) is 0. The second-order valence-corrected chi connectivity index (χ2v) is 5.88. The smallest absolute Gasteiger partial charge is 0.179 e. The molecule has 0 radical (unpaired) electrons. The van der Waals surface area contributed by atoms with Crippen molar-refractivity contribution in [2.45, 2.75) is 38.6 Å². The summed E-state index contributed by atoms with van der Waals surface area (Å²) in [6, 6.07) is 3.38. The average molecular weight is 281 g/mol. The zero-order valence-electron chi connectivity index (χ0n) is 12.0. The van der Waals surface area contributed by atoms with Crippen LogP contribution in [0.3, 0.4) is 0 Å². The summed E-state index contributed by atoms with van der Waals surface area (Å²) in [6.45, 7) is 2.38. The Morgan fingerprint density at radius 3 is 2.55 bits per heavy atom. The van der Waals surface area contributed by atoms with Gasteiger partial charge in [-0.1, -0.05) is 6.92 Å². The molecule has 0 unspecified atom stereocenters. The second-order valence-electron chi connectivity index (χ2n) is 5.88. The van der Waals surface area contributed by atoms with E-state index in [1.54, 1.807) is 0 Å². The molecule has 0 bridgehead atoms. The molecule has 2 nitrogen and oxygen atoms in total. The van der Waals surface area contributed by atoms with E-state index in [0.29, 0.717) is 6.04 Å². The molecule has 0 heterocycles. The molecule has 0 spiro atoms. The Bertz CT molecular complexity index is 481. The molecule has 1 aliphatic rings. The number of hydrogen-bond donors (Lipinski definition) is 0. The van der Waals surface area contributed by atoms with Gasteiger partial charge in [-0.05, 0) is 56.8 Å². The van der Waals surface area contributed by atoms with Crippen LogP contribution in [0.5, 0.6) is 0 Å². The number of carbonyl (C=O) groups is 1. The molecule has 1 aromatic carbocycles. The number of ketones is 1. The second kappa shape index (κ2) is 6.44. The first kappa shape index (κ1) is 15.1. The van der Waals surface area contributed by atoms with E-state index < -0.39 is 11.6 Å². The lowest BCUT2D eigenvalue weighted by Gasteiger charge is -2.33. The van der Waals surface area contributed by atoms with Gasteiger partial charge in [0.25, 0.3) is 0 Å². The van der Waals surface area contributed by atoms with E-state index in [2.05, 4.69) is 6.92 Å². The molecule has 110 valence electrons. The van der Waals surface area contributed by atoms with E-state index in [0.717, 1.165) is 49.8 Å². The van der Waals surface area contributed by atoms with Crippen molar-refractivity contribution in [3.05, 3.63) is 35.4 Å². The molecule has 0 amide bonds. The molecule has 0 atom stereocenters. The van der Waals surface area contributed by atoms with Crippen LogP contribution in [0.1, 0.15) is 43.0 Å². The van der Waals surface area contributed by atoms with Gasteiger partial charge < -0.3 is 0 Å². The third kappa shape index (κ3) is 3.63. The molecule has 2 rings (SSSR count). The van der Waals surface area contributed by atoms with Crippen molar-refractivity contribution in [3.8, 4) is 0 Å². The maximum atomic E-state index is 13.6. The van der Waals surface area contributed by atoms with E-state index in [4.69, 9.17) is 0 Å². The fourth-order valence-electron chi connectivity index (χ4n) is 2.84. The van der Waals surface area contributed by atoms with Gasteiger partial charge in [0.1, 0.15) is 11.6 Å². The molecular formula is C16H21F2NO. The van der Waals surface area contributed by atoms with Gasteiger partial charge in [0.2, 0.25) is 0 Å². The van der Waals surface area contributed by atoms with Crippen molar-refractivity contribution in [2.24, 2.45) is 5.92 Å². The third-order valence-electron chi connectivity index (χ3n) is 4.23. The SMILES string of the molecule is CC1CCC(N(C)CC(=O)c2cc(F)ccc2F)CC1. The Labute approximate surface area is 118 Å². The minimum Gasteiger partial charge on any atom is -0.296 e. The number of halogens is 2. The standard InChI is InChI=1S/C16H21F2NO/c1-11-3-6-13(7-4-11)19(2)10-16(20)14-9-12(17)5-8-15(14)18/h5,8-9,11,13H,3-4,6-7,10H2,1-2H3. The van der Waals surface area contributed by atoms with Gasteiger partial charge in [-0.3, -0.25) is 9.69 Å². The highest BCUT2D eigenvalue weighted by Gasteiger charge is 2.24. The van der Waals surface area contributed by atoms with Crippen LogP contribution in [0.4, 0.5) is 8.78 Å². The Balaban J connectivity index is 1.98. The van der Waals surface area contributed by atoms with Crippen molar-refractivity contribution >= 4 is 5.78 Å². The van der Waals surface area contributed by atoms with Crippen molar-refractivity contribution in [3.63, 3.8) is 0 Å². The number of benzene rings is 1. The monoisotopic (exact) mass is 281 g/mol. The summed E-state index contributed by atoms with van der Waals surface area (Å²) in [5.41, 5.74) is -0.152. The molecule has 0 saturated heterocycles. The predicted octanol–water partition coefficient (Wildman–Crippen LogP) is 3.66. The van der Waals surface area contributed by atoms with Crippen LogP contribution in [-0.4, -0.2) is 30.3 Å². The molecule has 20 heavy (non-hydrogen) atoms. The largest absolute Gasteiger partial charge is 0.296 e. The van der Waals surface area contributed by atoms with Crippen molar-refractivity contribution in [1.29, 1.82) is 0 Å². The van der Waals surface area contributed by atoms with Crippen LogP contribution in [0.15, 0.2) is 18.2 Å². The lowest BCUT2D eigenvalue weighted by atomic mass is 9.86. The van der Waals surface area contributed by atoms with Crippen LogP contribution in [0, 0.1) is 17.6 Å². The molecule has 1 fully saturated rings. The maximum Gasteiger partial charge on any atom is 0.179 e. The first-order valence-corrected chi connectivity index (χ1v) is 7.16. The fourth-order valence-corrected chi connectivity index (χ4v) is 2.84. The number of hydrogen-bond acceptors (Lipinski definition) is 2. The quantitative estimate of drug-likeness (QED) is 0.785. The molecule has 4 heteroatoms. The zero-order valence-corrected chi connectivity index (χ0v) is 12.0. The lowest BCUT2D eigenvalue weighted by molar-refractivity contribution is 0.0884. The third-order valence-corrected chi connectivity index (χ3v) is 4.23. The Morgan fingerprint density at radius 1 is 1.25 bits per heavy atom. The van der Waals surface area contributed by atoms with Gasteiger partial charge in [-0.25, -0.2) is 8.78 Å². The summed E-state index contributed by atoms with van der Waals surface area (Å²) in [6.07, 6.45) is 4.46. The highest BCUT2D eigenvalue weighted by atomic mass is 19.1. The topological polar surface area (TPSA) is 20.3 Å². The zero-order chi connectivity index (χ0) is 14.7. The fraction of sp³-hybridized carbons (Fsp3) is 0.562. The summed E-state index contributed by atoms with van der Waals surface area (Å²) in [4.78, 5) is 14.1. The number of rotatable bonds is 4. The average Bonchev–Trinajstić information content (AvgIpc) is 2.42. The number of Topliss-reactive ketones (excluding diaryl/α,β-unsaturated/α-hetero) is 1. The molecule has 1 aliphatic carbocycles. The number of nitrogens with zero attached hydrogens (tertiary/aromatic N) is 1. The molecule has 0 aliphatic heterocycles. The van der Waals surface area contributed by atoms with Crippen molar-refractivity contribution < 1.29 is 13.6 Å². The Kier molecular flexibility index (Phi) is 4.86. The Morgan fingerprint density at radius 2 is 1.90 bits per heavy atom. The predicted molar refractivity (Wildman–Crippen MR) is 74.7 cm³/mol. The molecule has 1 saturated carbocycles. The summed E-state index contributed by atoms with van der Waals surface area (Å²) in [5.74, 6) is -0.843. The van der Waals surface area contributed by atoms with Gasteiger partial charge in [-0.15, -0.1) is 0 Å². The summed E-state index contributed by atoms with van der Waals surface area (Å²) in [7, 11) is 1.88. The minimum absolute atomic E-state index is 0.138. The molecule has 1 aromatic rings. The van der Waals surface area contributed by atoms with E-state index in [1.165, 1.54) is 0 Å². The van der Waals surface area contributed by atoms with Crippen LogP contribution in [0.25, 0.3) is 0 Å². The van der Waals surface area contributed by atoms with Crippen LogP contribution in [-0.2, 0) is 0 Å². The van der Waals surface area contributed by atoms with Crippen LogP contribution < -0.4 is 0 Å². The van der Waals surface area contributed by atoms with E-state index in [1.807, 2.05) is 11.9 Å². The van der Waals surface area contributed by atoms with Crippen molar-refractivity contribution in [2.75, 3.05) is 13.6 Å². The molecule has 0 aromatic heterocycles. The first-order chi connectivity index (χ1) is 9.47. The van der Waals surface area contributed by atoms with E-state index in [-0.39, 0.29) is 17.9 Å². The maximum absolute atomic E-state index is 13.6. The molecular weight excluding hydrogens is 260 g/mol. The normalized spacial score (nSPS) is 23.1. The number of likely N-dealkylation sites (N-methyl/N-ethyl adjacent to an activating group) is 1. The Hall–Kier alpha value is -1.29. The van der Waals surface area contributed by atoms with Crippen molar-refractivity contribution in [1.82, 2.24) is 4.90 Å². The van der Waals surface area contributed by atoms with Gasteiger partial charge in [0.15, 0.2) is 5.78 Å². The minimum atomic E-state index is -0.651. The van der Waals surface area contributed by atoms with E-state index in [9.17, 15) is 13.6 Å². The van der Waals surface area contributed by atoms with Gasteiger partial charge in [0.05, 0.1) is 12.1 Å². The highest BCUT2D eigenvalue weighted by molar-refractivity contribution is 5.97. The number of carbonyl (C=O) groups excluding carboxylic acids is 1.